The summed E-state index contributed by atoms with van der Waals surface area (Å²) in [6.45, 7) is 3.87. The van der Waals surface area contributed by atoms with Gasteiger partial charge in [-0.25, -0.2) is 4.98 Å². The van der Waals surface area contributed by atoms with Gasteiger partial charge in [-0.1, -0.05) is 67.6 Å². The number of aryl methyl sites for hydroxylation is 1. The Balaban J connectivity index is 1.30. The molecule has 0 amide bonds. The second kappa shape index (κ2) is 11.6. The van der Waals surface area contributed by atoms with Crippen molar-refractivity contribution in [1.29, 1.82) is 0 Å². The van der Waals surface area contributed by atoms with Gasteiger partial charge in [0.15, 0.2) is 22.8 Å². The summed E-state index contributed by atoms with van der Waals surface area (Å²) in [6.07, 6.45) is 2.77. The number of fused-ring (bicyclic) bond motifs is 1. The first-order chi connectivity index (χ1) is 21.5. The zero-order valence-corrected chi connectivity index (χ0v) is 24.6. The van der Waals surface area contributed by atoms with Crippen molar-refractivity contribution in [2.45, 2.75) is 62.4 Å². The van der Waals surface area contributed by atoms with Crippen molar-refractivity contribution in [3.05, 3.63) is 83.9 Å². The quantitative estimate of drug-likeness (QED) is 0.197. The predicted octanol–water partition coefficient (Wildman–Crippen LogP) is 2.20. The summed E-state index contributed by atoms with van der Waals surface area (Å²) in [5.74, 6) is 1.68. The summed E-state index contributed by atoms with van der Waals surface area (Å²) >= 11 is 0. The maximum atomic E-state index is 12.0. The van der Waals surface area contributed by atoms with E-state index < -0.39 is 17.9 Å². The van der Waals surface area contributed by atoms with Crippen LogP contribution in [0, 0.1) is 0 Å². The molecule has 13 heteroatoms. The van der Waals surface area contributed by atoms with Crippen LogP contribution in [0.25, 0.3) is 11.2 Å². The zero-order valence-electron chi connectivity index (χ0n) is 24.6. The molecule has 5 aromatic rings. The Bertz CT molecular complexity index is 1690. The summed E-state index contributed by atoms with van der Waals surface area (Å²) in [5, 5.41) is 39.1. The van der Waals surface area contributed by atoms with E-state index in [0.717, 1.165) is 17.8 Å². The van der Waals surface area contributed by atoms with Crippen LogP contribution in [-0.2, 0) is 12.1 Å². The molecule has 0 spiro atoms. The zero-order chi connectivity index (χ0) is 30.3. The smallest absolute Gasteiger partial charge is 0.229 e. The van der Waals surface area contributed by atoms with Crippen molar-refractivity contribution in [2.24, 2.45) is 5.73 Å². The Labute approximate surface area is 254 Å². The van der Waals surface area contributed by atoms with Crippen LogP contribution in [0.15, 0.2) is 67.0 Å². The van der Waals surface area contributed by atoms with Crippen LogP contribution in [-0.4, -0.2) is 81.7 Å². The Morgan fingerprint density at radius 3 is 2.39 bits per heavy atom. The molecule has 44 heavy (non-hydrogen) atoms. The number of benzene rings is 2. The molecule has 4 atom stereocenters. The van der Waals surface area contributed by atoms with Crippen molar-refractivity contribution in [1.82, 2.24) is 39.7 Å². The molecular weight excluding hydrogens is 558 g/mol. The number of imidazole rings is 1. The molecule has 2 aromatic carbocycles. The molecule has 1 saturated carbocycles. The van der Waals surface area contributed by atoms with Crippen molar-refractivity contribution in [3.8, 4) is 0 Å². The van der Waals surface area contributed by atoms with Gasteiger partial charge in [0.05, 0.1) is 12.4 Å². The molecule has 1 aliphatic carbocycles. The lowest BCUT2D eigenvalue weighted by Crippen LogP contribution is -2.48. The molecule has 2 fully saturated rings. The number of hydrogen-bond acceptors (Lipinski definition) is 11. The number of anilines is 2. The minimum atomic E-state index is -1.82. The lowest BCUT2D eigenvalue weighted by Gasteiger charge is -2.31. The summed E-state index contributed by atoms with van der Waals surface area (Å²) in [6, 6.07) is 20.2. The molecule has 13 nitrogen and oxygen atoms in total. The first-order valence-corrected chi connectivity index (χ1v) is 15.2. The number of nitrogens with one attached hydrogen (secondary N) is 1. The van der Waals surface area contributed by atoms with Gasteiger partial charge in [-0.3, -0.25) is 0 Å². The van der Waals surface area contributed by atoms with Crippen LogP contribution in [0.5, 0.6) is 0 Å². The van der Waals surface area contributed by atoms with Crippen LogP contribution >= 0.6 is 0 Å². The molecule has 1 saturated heterocycles. The van der Waals surface area contributed by atoms with E-state index in [1.54, 1.807) is 6.33 Å². The summed E-state index contributed by atoms with van der Waals surface area (Å²) < 4.78 is 1.82. The molecular formula is C31H37N11O2. The third-order valence-electron chi connectivity index (χ3n) is 8.92. The second-order valence-electron chi connectivity index (χ2n) is 11.7. The molecule has 1 aliphatic heterocycles. The summed E-state index contributed by atoms with van der Waals surface area (Å²) in [4.78, 5) is 17.9. The van der Waals surface area contributed by atoms with Gasteiger partial charge in [0.2, 0.25) is 11.7 Å². The molecule has 7 rings (SSSR count). The number of rotatable bonds is 9. The van der Waals surface area contributed by atoms with E-state index in [4.69, 9.17) is 20.7 Å². The van der Waals surface area contributed by atoms with Crippen molar-refractivity contribution < 1.29 is 10.2 Å². The monoisotopic (exact) mass is 595 g/mol. The molecule has 0 unspecified atom stereocenters. The van der Waals surface area contributed by atoms with Crippen molar-refractivity contribution >= 4 is 22.9 Å². The van der Waals surface area contributed by atoms with E-state index >= 15 is 0 Å². The predicted molar refractivity (Wildman–Crippen MR) is 165 cm³/mol. The van der Waals surface area contributed by atoms with Gasteiger partial charge in [-0.05, 0) is 35.6 Å². The highest BCUT2D eigenvalue weighted by Crippen LogP contribution is 2.44. The number of nitrogens with two attached hydrogens (primary N) is 1. The topological polar surface area (TPSA) is 169 Å². The van der Waals surface area contributed by atoms with Crippen LogP contribution in [0.2, 0.25) is 0 Å². The fourth-order valence-electron chi connectivity index (χ4n) is 6.47. The van der Waals surface area contributed by atoms with E-state index in [1.807, 2.05) is 23.6 Å². The van der Waals surface area contributed by atoms with Gasteiger partial charge < -0.3 is 30.7 Å². The van der Waals surface area contributed by atoms with Crippen LogP contribution in [0.4, 0.5) is 11.8 Å². The largest absolute Gasteiger partial charge is 0.388 e. The maximum Gasteiger partial charge on any atom is 0.229 e. The highest BCUT2D eigenvalue weighted by atomic mass is 16.4. The van der Waals surface area contributed by atoms with Crippen molar-refractivity contribution in [3.63, 3.8) is 0 Å². The lowest BCUT2D eigenvalue weighted by atomic mass is 9.91. The Morgan fingerprint density at radius 2 is 1.75 bits per heavy atom. The van der Waals surface area contributed by atoms with Gasteiger partial charge in [0.1, 0.15) is 6.10 Å². The molecule has 0 bridgehead atoms. The second-order valence-corrected chi connectivity index (χ2v) is 11.7. The first kappa shape index (κ1) is 28.3. The molecule has 0 radical (unpaired) electrons. The number of aromatic nitrogens is 8. The van der Waals surface area contributed by atoms with Gasteiger partial charge in [-0.2, -0.15) is 9.97 Å². The molecule has 2 aliphatic rings. The summed E-state index contributed by atoms with van der Waals surface area (Å²) in [7, 11) is 0. The Hall–Kier alpha value is -4.46. The highest BCUT2D eigenvalue weighted by molar-refractivity contribution is 5.84. The third-order valence-corrected chi connectivity index (χ3v) is 8.92. The normalized spacial score (nSPS) is 23.7. The van der Waals surface area contributed by atoms with Crippen molar-refractivity contribution in [2.75, 3.05) is 29.9 Å². The van der Waals surface area contributed by atoms with Crippen LogP contribution in [0.1, 0.15) is 55.1 Å². The molecule has 228 valence electrons. The van der Waals surface area contributed by atoms with E-state index in [9.17, 15) is 10.2 Å². The number of aliphatic hydroxyl groups excluding tert-OH is 1. The fraction of sp³-hybridized carbons (Fsp3) is 0.419. The lowest BCUT2D eigenvalue weighted by molar-refractivity contribution is -0.156. The van der Waals surface area contributed by atoms with Gasteiger partial charge in [-0.15, -0.1) is 15.0 Å². The van der Waals surface area contributed by atoms with Gasteiger partial charge in [0, 0.05) is 38.0 Å². The summed E-state index contributed by atoms with van der Waals surface area (Å²) in [5.41, 5.74) is 7.92. The molecule has 5 N–H and O–H groups in total. The average molecular weight is 596 g/mol. The highest BCUT2D eigenvalue weighted by Gasteiger charge is 2.54. The molecule has 3 aromatic heterocycles. The SMILES string of the molecule is CCc1nnn([C@@]2(O)[C@H](O)CC[C@H]2n2cnc3c(NCC(c4ccccc4)c4ccccc4)nc(N4CC[C@@H](N)C4)nc32)n1. The minimum Gasteiger partial charge on any atom is -0.388 e. The van der Waals surface area contributed by atoms with E-state index in [1.165, 1.54) is 11.1 Å². The number of aliphatic hydroxyl groups is 2. The number of hydrogen-bond donors (Lipinski definition) is 4. The molecule has 4 heterocycles. The van der Waals surface area contributed by atoms with Crippen LogP contribution in [0.3, 0.4) is 0 Å². The Morgan fingerprint density at radius 1 is 1.02 bits per heavy atom. The number of tetrazole rings is 1. The van der Waals surface area contributed by atoms with Gasteiger partial charge in [0.25, 0.3) is 0 Å². The van der Waals surface area contributed by atoms with E-state index in [2.05, 4.69) is 74.2 Å². The third kappa shape index (κ3) is 4.96. The first-order valence-electron chi connectivity index (χ1n) is 15.2. The minimum absolute atomic E-state index is 0.0392. The maximum absolute atomic E-state index is 12.0. The number of nitrogens with zero attached hydrogens (tertiary/aromatic N) is 9. The van der Waals surface area contributed by atoms with Gasteiger partial charge >= 0.3 is 0 Å². The van der Waals surface area contributed by atoms with E-state index in [0.29, 0.717) is 61.1 Å². The van der Waals surface area contributed by atoms with E-state index in [-0.39, 0.29) is 12.0 Å². The standard InChI is InChI=1S/C31H37N11O2/c1-2-26-37-39-42(38-26)31(44)24(13-14-25(31)43)41-19-34-27-28(35-30(36-29(27)41)40-16-15-22(32)18-40)33-17-23(20-9-5-3-6-10-20)21-11-7-4-8-12-21/h3-12,19,22-25,43-44H,2,13-18,32H2,1H3,(H,33,35,36)/t22-,24-,25-,31+/m1/s1. The average Bonchev–Trinajstić information content (AvgIpc) is 3.86. The Kier molecular flexibility index (Phi) is 7.44. The fourth-order valence-corrected chi connectivity index (χ4v) is 6.47. The van der Waals surface area contributed by atoms with Crippen LogP contribution < -0.4 is 16.0 Å².